The van der Waals surface area contributed by atoms with E-state index in [-0.39, 0.29) is 17.7 Å². The van der Waals surface area contributed by atoms with Gasteiger partial charge in [0.1, 0.15) is 5.69 Å². The summed E-state index contributed by atoms with van der Waals surface area (Å²) in [5.41, 5.74) is 2.54. The molecule has 1 unspecified atom stereocenters. The highest BCUT2D eigenvalue weighted by Gasteiger charge is 2.25. The van der Waals surface area contributed by atoms with Crippen LogP contribution in [-0.4, -0.2) is 63.0 Å². The summed E-state index contributed by atoms with van der Waals surface area (Å²) in [5, 5.41) is 7.03. The van der Waals surface area contributed by atoms with Gasteiger partial charge >= 0.3 is 0 Å². The number of hydrogen-bond donors (Lipinski definition) is 1. The summed E-state index contributed by atoms with van der Waals surface area (Å²) < 4.78 is 21.6. The second kappa shape index (κ2) is 10.3. The highest BCUT2D eigenvalue weighted by atomic mass is 16.5. The molecule has 0 spiro atoms. The van der Waals surface area contributed by atoms with Crippen LogP contribution in [0.1, 0.15) is 22.2 Å². The Bertz CT molecular complexity index is 1030. The van der Waals surface area contributed by atoms with Crippen LogP contribution in [0.5, 0.6) is 11.5 Å². The van der Waals surface area contributed by atoms with E-state index >= 15 is 0 Å². The lowest BCUT2D eigenvalue weighted by Gasteiger charge is -2.35. The largest absolute Gasteiger partial charge is 0.493 e. The zero-order chi connectivity index (χ0) is 22.3. The van der Waals surface area contributed by atoms with E-state index in [1.165, 1.54) is 0 Å². The van der Waals surface area contributed by atoms with Crippen LogP contribution in [0, 0.1) is 0 Å². The van der Waals surface area contributed by atoms with Crippen molar-refractivity contribution in [3.05, 3.63) is 65.9 Å². The Kier molecular flexibility index (Phi) is 7.03. The predicted molar refractivity (Wildman–Crippen MR) is 119 cm³/mol. The van der Waals surface area contributed by atoms with Crippen molar-refractivity contribution in [2.75, 3.05) is 47.1 Å². The monoisotopic (exact) mass is 437 g/mol. The van der Waals surface area contributed by atoms with E-state index in [1.807, 2.05) is 48.5 Å². The maximum Gasteiger partial charge on any atom is 0.289 e. The van der Waals surface area contributed by atoms with Crippen LogP contribution in [0.3, 0.4) is 0 Å². The Morgan fingerprint density at radius 1 is 1.06 bits per heavy atom. The lowest BCUT2D eigenvalue weighted by molar-refractivity contribution is 0.0161. The van der Waals surface area contributed by atoms with E-state index in [0.29, 0.717) is 37.0 Å². The molecule has 32 heavy (non-hydrogen) atoms. The number of aromatic nitrogens is 1. The number of nitrogens with one attached hydrogen (secondary N) is 1. The van der Waals surface area contributed by atoms with E-state index in [0.717, 1.165) is 24.2 Å². The number of amides is 1. The van der Waals surface area contributed by atoms with Gasteiger partial charge in [-0.1, -0.05) is 41.6 Å². The van der Waals surface area contributed by atoms with Gasteiger partial charge in [-0.25, -0.2) is 0 Å². The third-order valence-electron chi connectivity index (χ3n) is 5.54. The molecule has 1 atom stereocenters. The van der Waals surface area contributed by atoms with Gasteiger partial charge in [-0.15, -0.1) is 0 Å². The Labute approximate surface area is 187 Å². The Morgan fingerprint density at radius 3 is 2.53 bits per heavy atom. The molecule has 1 aromatic heterocycles. The second-order valence-electron chi connectivity index (χ2n) is 7.43. The third-order valence-corrected chi connectivity index (χ3v) is 5.54. The Morgan fingerprint density at radius 2 is 1.81 bits per heavy atom. The van der Waals surface area contributed by atoms with Crippen molar-refractivity contribution in [3.8, 4) is 22.8 Å². The van der Waals surface area contributed by atoms with Gasteiger partial charge in [0.15, 0.2) is 11.5 Å². The van der Waals surface area contributed by atoms with Crippen molar-refractivity contribution in [2.45, 2.75) is 6.04 Å². The average molecular weight is 437 g/mol. The number of rotatable bonds is 8. The first-order chi connectivity index (χ1) is 15.7. The molecule has 0 bridgehead atoms. The third kappa shape index (κ3) is 4.92. The zero-order valence-electron chi connectivity index (χ0n) is 18.2. The van der Waals surface area contributed by atoms with Gasteiger partial charge in [0.25, 0.3) is 5.91 Å². The highest BCUT2D eigenvalue weighted by molar-refractivity contribution is 5.92. The van der Waals surface area contributed by atoms with Crippen molar-refractivity contribution in [1.82, 2.24) is 15.4 Å². The first kappa shape index (κ1) is 21.9. The molecule has 1 aliphatic rings. The van der Waals surface area contributed by atoms with Gasteiger partial charge < -0.3 is 24.1 Å². The summed E-state index contributed by atoms with van der Waals surface area (Å²) in [6, 6.07) is 17.0. The number of carbonyl (C=O) groups is 1. The summed E-state index contributed by atoms with van der Waals surface area (Å²) in [6.07, 6.45) is 0. The van der Waals surface area contributed by atoms with Gasteiger partial charge in [0.05, 0.1) is 33.5 Å². The molecule has 8 heteroatoms. The van der Waals surface area contributed by atoms with Crippen molar-refractivity contribution in [1.29, 1.82) is 0 Å². The van der Waals surface area contributed by atoms with Crippen molar-refractivity contribution < 1.29 is 23.5 Å². The number of ether oxygens (including phenoxy) is 3. The van der Waals surface area contributed by atoms with Crippen LogP contribution in [0.15, 0.2) is 59.1 Å². The molecule has 2 aromatic carbocycles. The van der Waals surface area contributed by atoms with Gasteiger partial charge in [-0.2, -0.15) is 0 Å². The van der Waals surface area contributed by atoms with Crippen molar-refractivity contribution in [3.63, 3.8) is 0 Å². The van der Waals surface area contributed by atoms with E-state index in [1.54, 1.807) is 20.3 Å². The van der Waals surface area contributed by atoms with E-state index in [9.17, 15) is 4.79 Å². The SMILES string of the molecule is COc1ccc(C(CNC(=O)c2cc(-c3ccccc3)no2)N2CCOCC2)cc1OC. The molecule has 2 heterocycles. The molecule has 4 rings (SSSR count). The van der Waals surface area contributed by atoms with E-state index in [2.05, 4.69) is 15.4 Å². The quantitative estimate of drug-likeness (QED) is 0.579. The minimum Gasteiger partial charge on any atom is -0.493 e. The molecule has 168 valence electrons. The summed E-state index contributed by atoms with van der Waals surface area (Å²) in [5.74, 6) is 1.18. The fourth-order valence-electron chi connectivity index (χ4n) is 3.81. The normalized spacial score (nSPS) is 15.2. The van der Waals surface area contributed by atoms with Crippen LogP contribution < -0.4 is 14.8 Å². The topological polar surface area (TPSA) is 86.1 Å². The Balaban J connectivity index is 1.50. The molecule has 0 radical (unpaired) electrons. The number of benzene rings is 2. The molecule has 0 aliphatic carbocycles. The Hall–Kier alpha value is -3.36. The first-order valence-corrected chi connectivity index (χ1v) is 10.5. The summed E-state index contributed by atoms with van der Waals surface area (Å²) in [4.78, 5) is 15.1. The highest BCUT2D eigenvalue weighted by Crippen LogP contribution is 2.32. The second-order valence-corrected chi connectivity index (χ2v) is 7.43. The molecular formula is C24H27N3O5. The predicted octanol–water partition coefficient (Wildman–Crippen LogP) is 3.16. The van der Waals surface area contributed by atoms with Gasteiger partial charge in [0.2, 0.25) is 5.76 Å². The van der Waals surface area contributed by atoms with Crippen molar-refractivity contribution >= 4 is 5.91 Å². The molecule has 1 fully saturated rings. The van der Waals surface area contributed by atoms with Gasteiger partial charge in [0, 0.05) is 31.3 Å². The minimum absolute atomic E-state index is 0.0563. The van der Waals surface area contributed by atoms with Crippen LogP contribution in [0.25, 0.3) is 11.3 Å². The molecule has 1 amide bonds. The van der Waals surface area contributed by atoms with Crippen LogP contribution >= 0.6 is 0 Å². The minimum atomic E-state index is -0.307. The number of hydrogen-bond acceptors (Lipinski definition) is 7. The fraction of sp³-hybridized carbons (Fsp3) is 0.333. The summed E-state index contributed by atoms with van der Waals surface area (Å²) in [6.45, 7) is 3.25. The zero-order valence-corrected chi connectivity index (χ0v) is 18.2. The first-order valence-electron chi connectivity index (χ1n) is 10.5. The lowest BCUT2D eigenvalue weighted by Crippen LogP contribution is -2.43. The van der Waals surface area contributed by atoms with Crippen molar-refractivity contribution in [2.24, 2.45) is 0 Å². The number of morpholine rings is 1. The van der Waals surface area contributed by atoms with Crippen LogP contribution in [0.4, 0.5) is 0 Å². The van der Waals surface area contributed by atoms with Gasteiger partial charge in [-0.3, -0.25) is 9.69 Å². The fourth-order valence-corrected chi connectivity index (χ4v) is 3.81. The molecule has 0 saturated carbocycles. The molecule has 8 nitrogen and oxygen atoms in total. The van der Waals surface area contributed by atoms with E-state index in [4.69, 9.17) is 18.7 Å². The van der Waals surface area contributed by atoms with Gasteiger partial charge in [-0.05, 0) is 17.7 Å². The summed E-state index contributed by atoms with van der Waals surface area (Å²) >= 11 is 0. The number of methoxy groups -OCH3 is 2. The molecule has 1 N–H and O–H groups in total. The molecule has 1 saturated heterocycles. The standard InChI is InChI=1S/C24H27N3O5/c1-29-21-9-8-18(14-22(21)30-2)20(27-10-12-31-13-11-27)16-25-24(28)23-15-19(26-32-23)17-6-4-3-5-7-17/h3-9,14-15,20H,10-13,16H2,1-2H3,(H,25,28). The average Bonchev–Trinajstić information content (AvgIpc) is 3.36. The summed E-state index contributed by atoms with van der Waals surface area (Å²) in [7, 11) is 3.22. The number of nitrogens with zero attached hydrogens (tertiary/aromatic N) is 2. The number of carbonyl (C=O) groups excluding carboxylic acids is 1. The maximum absolute atomic E-state index is 12.8. The molecular weight excluding hydrogens is 410 g/mol. The smallest absolute Gasteiger partial charge is 0.289 e. The molecule has 1 aliphatic heterocycles. The van der Waals surface area contributed by atoms with E-state index < -0.39 is 0 Å². The maximum atomic E-state index is 12.8. The lowest BCUT2D eigenvalue weighted by atomic mass is 10.0. The van der Waals surface area contributed by atoms with Crippen LogP contribution in [0.2, 0.25) is 0 Å². The molecule has 3 aromatic rings. The van der Waals surface area contributed by atoms with Crippen LogP contribution in [-0.2, 0) is 4.74 Å².